The average molecular weight is 1350 g/mol. The first kappa shape index (κ1) is 76.3. The van der Waals surface area contributed by atoms with E-state index in [1.165, 1.54) is 0 Å². The minimum absolute atomic E-state index is 0.425. The number of hydrogen-bond acceptors (Lipinski definition) is 8. The Kier molecular flexibility index (Phi) is 32.4. The Labute approximate surface area is 603 Å². The van der Waals surface area contributed by atoms with Crippen LogP contribution in [0.5, 0.6) is 46.0 Å². The fraction of sp³-hybridized carbons (Fsp3) is 0.478. The molecule has 0 spiro atoms. The Hall–Kier alpha value is -7.84. The van der Waals surface area contributed by atoms with Gasteiger partial charge in [-0.15, -0.1) is 0 Å². The lowest BCUT2D eigenvalue weighted by molar-refractivity contribution is 0.282. The number of ether oxygens (including phenoxy) is 8. The molecule has 8 aromatic rings. The molecule has 0 saturated carbocycles. The summed E-state index contributed by atoms with van der Waals surface area (Å²) in [6.45, 7) is 22.5. The highest BCUT2D eigenvalue weighted by molar-refractivity contribution is 5.68. The third kappa shape index (κ3) is 21.1. The van der Waals surface area contributed by atoms with E-state index in [9.17, 15) is 0 Å². The van der Waals surface area contributed by atoms with Gasteiger partial charge in [-0.1, -0.05) is 279 Å². The predicted octanol–water partition coefficient (Wildman–Crippen LogP) is 25.3. The zero-order valence-electron chi connectivity index (χ0n) is 62.4. The summed E-state index contributed by atoms with van der Waals surface area (Å²) < 4.78 is 59.3. The first-order valence-electron chi connectivity index (χ1n) is 39.3. The van der Waals surface area contributed by atoms with Crippen LogP contribution < -0.4 is 37.9 Å². The fourth-order valence-electron chi connectivity index (χ4n) is 14.1. The second-order valence-corrected chi connectivity index (χ2v) is 27.5. The van der Waals surface area contributed by atoms with Crippen LogP contribution in [0.25, 0.3) is 0 Å². The van der Waals surface area contributed by atoms with Gasteiger partial charge in [0, 0.05) is 92.4 Å². The standard InChI is InChI=1S/C92H120O8/c1-9-17-37-53-93-81-65-82(94-54-38-18-10-2)74-61-73(81)89(69-45-29-25-30-46-69)75-62-76(84(96-56-40-20-12-4)66-83(75)95-55-39-19-11-3)91(71-49-33-27-34-50-71)79-64-80(88(100-60-44-24-16-8)68-87(79)99-59-43-23-15-7)92(72-51-35-28-36-52-72)78-63-77(90(74)70-47-31-26-32-48-70)85(97-57-41-21-13-5)67-86(78)98-58-42-22-14-6/h25-36,45-52,61-68,89-92H,9-24,37-44,53-60H2,1-8H3. The van der Waals surface area contributed by atoms with Gasteiger partial charge in [0.15, 0.2) is 0 Å². The molecule has 0 fully saturated rings. The van der Waals surface area contributed by atoms with Crippen LogP contribution in [-0.2, 0) is 0 Å². The molecule has 536 valence electrons. The van der Waals surface area contributed by atoms with E-state index in [2.05, 4.69) is 225 Å². The summed E-state index contributed by atoms with van der Waals surface area (Å²) in [7, 11) is 0. The molecule has 8 bridgehead atoms. The molecule has 1 aliphatic carbocycles. The van der Waals surface area contributed by atoms with Crippen LogP contribution in [0.1, 0.15) is 300 Å². The number of fused-ring (bicyclic) bond motifs is 8. The number of benzene rings is 8. The molecule has 0 atom stereocenters. The summed E-state index contributed by atoms with van der Waals surface area (Å²) in [6, 6.07) is 63.3. The largest absolute Gasteiger partial charge is 0.493 e. The Bertz CT molecular complexity index is 2990. The van der Waals surface area contributed by atoms with Crippen LogP contribution in [-0.4, -0.2) is 52.9 Å². The summed E-state index contributed by atoms with van der Waals surface area (Å²) >= 11 is 0. The van der Waals surface area contributed by atoms with Gasteiger partial charge in [-0.05, 0) is 97.9 Å². The quantitative estimate of drug-likeness (QED) is 0.0350. The second kappa shape index (κ2) is 42.4. The summed E-state index contributed by atoms with van der Waals surface area (Å²) in [5.41, 5.74) is 12.7. The van der Waals surface area contributed by atoms with E-state index in [1.807, 2.05) is 0 Å². The highest BCUT2D eigenvalue weighted by atomic mass is 16.5. The summed E-state index contributed by atoms with van der Waals surface area (Å²) in [4.78, 5) is 0. The maximum Gasteiger partial charge on any atom is 0.127 e. The van der Waals surface area contributed by atoms with Gasteiger partial charge < -0.3 is 37.9 Å². The average Bonchev–Trinajstić information content (AvgIpc) is 0.738. The van der Waals surface area contributed by atoms with E-state index in [0.717, 1.165) is 267 Å². The third-order valence-electron chi connectivity index (χ3n) is 19.6. The molecule has 0 radical (unpaired) electrons. The molecule has 0 N–H and O–H groups in total. The van der Waals surface area contributed by atoms with E-state index in [1.54, 1.807) is 0 Å². The fourth-order valence-corrected chi connectivity index (χ4v) is 14.1. The van der Waals surface area contributed by atoms with E-state index in [4.69, 9.17) is 37.9 Å². The zero-order chi connectivity index (χ0) is 69.9. The van der Waals surface area contributed by atoms with Crippen molar-refractivity contribution < 1.29 is 37.9 Å². The molecule has 0 aromatic heterocycles. The Morgan fingerprint density at radius 2 is 0.320 bits per heavy atom. The molecule has 8 nitrogen and oxygen atoms in total. The summed E-state index contributed by atoms with van der Waals surface area (Å²) in [6.07, 6.45) is 24.3. The Balaban J connectivity index is 1.57. The number of rotatable bonds is 44. The van der Waals surface area contributed by atoms with Crippen LogP contribution in [0.2, 0.25) is 0 Å². The van der Waals surface area contributed by atoms with Crippen LogP contribution in [0.15, 0.2) is 170 Å². The van der Waals surface area contributed by atoms with Crippen LogP contribution >= 0.6 is 0 Å². The molecule has 0 aliphatic heterocycles. The topological polar surface area (TPSA) is 73.8 Å². The molecule has 9 rings (SSSR count). The molecule has 1 aliphatic rings. The van der Waals surface area contributed by atoms with Crippen molar-refractivity contribution in [2.24, 2.45) is 0 Å². The van der Waals surface area contributed by atoms with Gasteiger partial charge in [-0.25, -0.2) is 0 Å². The maximum atomic E-state index is 7.41. The van der Waals surface area contributed by atoms with Gasteiger partial charge in [-0.3, -0.25) is 0 Å². The van der Waals surface area contributed by atoms with Crippen molar-refractivity contribution in [2.45, 2.75) is 233 Å². The van der Waals surface area contributed by atoms with E-state index in [0.29, 0.717) is 52.9 Å². The van der Waals surface area contributed by atoms with Gasteiger partial charge in [0.25, 0.3) is 0 Å². The lowest BCUT2D eigenvalue weighted by atomic mass is 9.75. The van der Waals surface area contributed by atoms with Gasteiger partial charge in [0.05, 0.1) is 52.9 Å². The summed E-state index contributed by atoms with van der Waals surface area (Å²) in [5, 5.41) is 0. The van der Waals surface area contributed by atoms with Gasteiger partial charge in [-0.2, -0.15) is 0 Å². The van der Waals surface area contributed by atoms with Crippen molar-refractivity contribution in [3.63, 3.8) is 0 Å². The van der Waals surface area contributed by atoms with Gasteiger partial charge in [0.1, 0.15) is 46.0 Å². The van der Waals surface area contributed by atoms with Gasteiger partial charge >= 0.3 is 0 Å². The van der Waals surface area contributed by atoms with Gasteiger partial charge in [0.2, 0.25) is 0 Å². The molecular weight excluding hydrogens is 1230 g/mol. The predicted molar refractivity (Wildman–Crippen MR) is 415 cm³/mol. The molecule has 0 saturated heterocycles. The minimum atomic E-state index is -0.425. The van der Waals surface area contributed by atoms with Crippen LogP contribution in [0.3, 0.4) is 0 Å². The van der Waals surface area contributed by atoms with Crippen molar-refractivity contribution in [3.8, 4) is 46.0 Å². The molecule has 0 unspecified atom stereocenters. The van der Waals surface area contributed by atoms with Crippen molar-refractivity contribution >= 4 is 0 Å². The van der Waals surface area contributed by atoms with Crippen LogP contribution in [0, 0.1) is 0 Å². The lowest BCUT2D eigenvalue weighted by Crippen LogP contribution is -2.18. The van der Waals surface area contributed by atoms with Crippen LogP contribution in [0.4, 0.5) is 0 Å². The van der Waals surface area contributed by atoms with Crippen molar-refractivity contribution in [3.05, 3.63) is 237 Å². The SMILES string of the molecule is CCCCCOc1cc(OCCCCC)c2cc1C(c1ccccc1)c1cc(c(OCCCCC)cc1OCCCCC)C(c1ccccc1)c1cc(c(OCCCCC)cc1OCCCCC)C(c1ccccc1)c1cc(c(OCCCCC)cc1OCCCCC)C2c1ccccc1. The molecule has 8 heteroatoms. The molecule has 100 heavy (non-hydrogen) atoms. The zero-order valence-corrected chi connectivity index (χ0v) is 62.4. The van der Waals surface area contributed by atoms with E-state index >= 15 is 0 Å². The smallest absolute Gasteiger partial charge is 0.127 e. The summed E-state index contributed by atoms with van der Waals surface area (Å²) in [5.74, 6) is 4.66. The Morgan fingerprint density at radius 3 is 0.450 bits per heavy atom. The first-order valence-corrected chi connectivity index (χ1v) is 39.3. The highest BCUT2D eigenvalue weighted by Gasteiger charge is 2.37. The molecular formula is C92H120O8. The first-order chi connectivity index (χ1) is 49.4. The lowest BCUT2D eigenvalue weighted by Gasteiger charge is -2.33. The molecule has 0 heterocycles. The monoisotopic (exact) mass is 1350 g/mol. The van der Waals surface area contributed by atoms with E-state index < -0.39 is 23.7 Å². The maximum absolute atomic E-state index is 7.41. The normalized spacial score (nSPS) is 14.9. The van der Waals surface area contributed by atoms with Crippen molar-refractivity contribution in [1.29, 1.82) is 0 Å². The van der Waals surface area contributed by atoms with Crippen molar-refractivity contribution in [1.82, 2.24) is 0 Å². The Morgan fingerprint density at radius 1 is 0.180 bits per heavy atom. The van der Waals surface area contributed by atoms with Crippen molar-refractivity contribution in [2.75, 3.05) is 52.9 Å². The highest BCUT2D eigenvalue weighted by Crippen LogP contribution is 2.55. The molecule has 0 amide bonds. The number of unbranched alkanes of at least 4 members (excludes halogenated alkanes) is 16. The number of hydrogen-bond donors (Lipinski definition) is 0. The second-order valence-electron chi connectivity index (χ2n) is 27.5. The third-order valence-corrected chi connectivity index (χ3v) is 19.6. The minimum Gasteiger partial charge on any atom is -0.493 e. The van der Waals surface area contributed by atoms with E-state index in [-0.39, 0.29) is 0 Å². The molecule has 8 aromatic carbocycles.